The smallest absolute Gasteiger partial charge is 0.497 e. The summed E-state index contributed by atoms with van der Waals surface area (Å²) in [6.07, 6.45) is 7.60. The van der Waals surface area contributed by atoms with E-state index in [1.807, 2.05) is 91.4 Å². The monoisotopic (exact) mass is 797 g/mol. The Hall–Kier alpha value is -5.91. The molecule has 10 aromatic rings. The maximum Gasteiger partial charge on any atom is 2.00 e. The molecule has 0 aliphatic heterocycles. The number of ether oxygens (including phenoxy) is 1. The van der Waals surface area contributed by atoms with Gasteiger partial charge < -0.3 is 13.5 Å². The maximum absolute atomic E-state index is 6.47. The fourth-order valence-corrected chi connectivity index (χ4v) is 6.59. The minimum atomic E-state index is 0. The van der Waals surface area contributed by atoms with Crippen LogP contribution in [0.25, 0.3) is 77.4 Å². The average molecular weight is 798 g/mol. The summed E-state index contributed by atoms with van der Waals surface area (Å²) in [5, 5.41) is 3.57. The van der Waals surface area contributed by atoms with Crippen molar-refractivity contribution in [2.24, 2.45) is 0 Å². The van der Waals surface area contributed by atoms with Crippen LogP contribution >= 0.6 is 0 Å². The average Bonchev–Trinajstić information content (AvgIpc) is 3.79. The Morgan fingerprint density at radius 2 is 1.17 bits per heavy atom. The Labute approximate surface area is 288 Å². The molecule has 0 aliphatic rings. The molecule has 0 unspecified atom stereocenters. The third-order valence-corrected chi connectivity index (χ3v) is 8.70. The summed E-state index contributed by atoms with van der Waals surface area (Å²) in [4.78, 5) is 19.4. The predicted octanol–water partition coefficient (Wildman–Crippen LogP) is 9.11. The van der Waals surface area contributed by atoms with Crippen LogP contribution in [0.1, 0.15) is 0 Å². The number of imidazole rings is 2. The first-order valence-corrected chi connectivity index (χ1v) is 15.3. The van der Waals surface area contributed by atoms with E-state index in [0.29, 0.717) is 11.5 Å². The SMILES string of the molecule is [Pt+2].[c-]1c(Oc2[c-]c3c(cc2)c2ncccc2n2c(-c4ccccc4)cnc32)ccc2c1c1nc(-c3ccccc3)cn1c1cccnc21. The van der Waals surface area contributed by atoms with Gasteiger partial charge in [0.15, 0.2) is 0 Å². The topological polar surface area (TPSA) is 69.6 Å². The second-order valence-electron chi connectivity index (χ2n) is 11.4. The first kappa shape index (κ1) is 28.3. The quantitative estimate of drug-likeness (QED) is 0.131. The predicted molar refractivity (Wildman–Crippen MR) is 185 cm³/mol. The van der Waals surface area contributed by atoms with Crippen molar-refractivity contribution in [3.63, 3.8) is 0 Å². The van der Waals surface area contributed by atoms with E-state index < -0.39 is 0 Å². The van der Waals surface area contributed by atoms with E-state index in [9.17, 15) is 0 Å². The van der Waals surface area contributed by atoms with Crippen LogP contribution in [-0.2, 0) is 21.1 Å². The molecule has 8 heteroatoms. The van der Waals surface area contributed by atoms with E-state index in [1.54, 1.807) is 0 Å². The maximum atomic E-state index is 6.47. The van der Waals surface area contributed by atoms with Crippen LogP contribution in [-0.4, -0.2) is 28.7 Å². The molecular formula is C40H22N6OPt. The Balaban J connectivity index is 0.00000314. The van der Waals surface area contributed by atoms with Gasteiger partial charge in [0.25, 0.3) is 0 Å². The van der Waals surface area contributed by atoms with Gasteiger partial charge in [0.1, 0.15) is 0 Å². The minimum Gasteiger partial charge on any atom is -0.497 e. The van der Waals surface area contributed by atoms with Crippen LogP contribution in [0, 0.1) is 12.1 Å². The van der Waals surface area contributed by atoms with E-state index in [4.69, 9.17) is 24.7 Å². The van der Waals surface area contributed by atoms with Crippen molar-refractivity contribution in [1.29, 1.82) is 0 Å². The zero-order valence-corrected chi connectivity index (χ0v) is 27.4. The van der Waals surface area contributed by atoms with Crippen molar-refractivity contribution >= 4 is 54.9 Å². The summed E-state index contributed by atoms with van der Waals surface area (Å²) in [5.41, 5.74) is 9.28. The molecule has 0 radical (unpaired) electrons. The van der Waals surface area contributed by atoms with Crippen molar-refractivity contribution < 1.29 is 25.8 Å². The van der Waals surface area contributed by atoms with E-state index in [1.165, 1.54) is 0 Å². The number of hydrogen-bond donors (Lipinski definition) is 0. The molecule has 0 bridgehead atoms. The van der Waals surface area contributed by atoms with Crippen LogP contribution in [0.5, 0.6) is 11.5 Å². The zero-order valence-electron chi connectivity index (χ0n) is 25.1. The molecule has 0 saturated heterocycles. The van der Waals surface area contributed by atoms with E-state index in [-0.39, 0.29) is 21.1 Å². The van der Waals surface area contributed by atoms with Gasteiger partial charge in [-0.05, 0) is 29.8 Å². The van der Waals surface area contributed by atoms with Gasteiger partial charge in [0.05, 0.1) is 44.7 Å². The van der Waals surface area contributed by atoms with Gasteiger partial charge in [-0.1, -0.05) is 106 Å². The largest absolute Gasteiger partial charge is 2.00 e. The van der Waals surface area contributed by atoms with Crippen LogP contribution in [0.2, 0.25) is 0 Å². The third-order valence-electron chi connectivity index (χ3n) is 8.70. The van der Waals surface area contributed by atoms with Gasteiger partial charge in [0, 0.05) is 41.8 Å². The standard InChI is InChI=1S/C40H22N6O.Pt/c1-3-9-25(10-4-1)33-24-45-34-13-7-19-41-37(34)30-18-16-28(22-32(30)40(45)44-33)47-27-15-17-29-31(21-27)39-43-23-36(26-11-5-2-6-12-26)46(39)35-14-8-20-42-38(29)35;/h1-20,23-24H;/q-2;+2. The number of pyridine rings is 4. The Bertz CT molecular complexity index is 2780. The molecule has 0 N–H and O–H groups in total. The number of aromatic nitrogens is 6. The van der Waals surface area contributed by atoms with E-state index in [0.717, 1.165) is 77.4 Å². The first-order valence-electron chi connectivity index (χ1n) is 15.3. The zero-order chi connectivity index (χ0) is 30.9. The summed E-state index contributed by atoms with van der Waals surface area (Å²) in [6, 6.07) is 43.4. The summed E-state index contributed by atoms with van der Waals surface area (Å²) in [5.74, 6) is 1.11. The molecule has 6 heterocycles. The number of rotatable bonds is 4. The molecule has 4 aromatic carbocycles. The number of fused-ring (bicyclic) bond motifs is 12. The molecule has 0 saturated carbocycles. The molecular weight excluding hydrogens is 776 g/mol. The van der Waals surface area contributed by atoms with Crippen LogP contribution in [0.3, 0.4) is 0 Å². The van der Waals surface area contributed by atoms with Gasteiger partial charge in [-0.15, -0.1) is 12.1 Å². The number of hydrogen-bond acceptors (Lipinski definition) is 5. The molecule has 7 nitrogen and oxygen atoms in total. The Morgan fingerprint density at radius 1 is 0.562 bits per heavy atom. The van der Waals surface area contributed by atoms with Gasteiger partial charge in [-0.25, -0.2) is 0 Å². The summed E-state index contributed by atoms with van der Waals surface area (Å²) < 4.78 is 10.7. The van der Waals surface area contributed by atoms with Gasteiger partial charge >= 0.3 is 21.1 Å². The van der Waals surface area contributed by atoms with Crippen LogP contribution < -0.4 is 4.74 Å². The van der Waals surface area contributed by atoms with E-state index >= 15 is 0 Å². The Morgan fingerprint density at radius 3 is 1.85 bits per heavy atom. The van der Waals surface area contributed by atoms with Crippen molar-refractivity contribution in [2.75, 3.05) is 0 Å². The summed E-state index contributed by atoms with van der Waals surface area (Å²) in [7, 11) is 0. The molecule has 0 aliphatic carbocycles. The van der Waals surface area contributed by atoms with Crippen molar-refractivity contribution in [1.82, 2.24) is 28.7 Å². The molecule has 48 heavy (non-hydrogen) atoms. The third kappa shape index (κ3) is 4.32. The molecule has 0 amide bonds. The fourth-order valence-electron chi connectivity index (χ4n) is 6.59. The molecule has 0 fully saturated rings. The van der Waals surface area contributed by atoms with Gasteiger partial charge in [-0.3, -0.25) is 19.9 Å². The van der Waals surface area contributed by atoms with Crippen molar-refractivity contribution in [3.05, 3.63) is 146 Å². The van der Waals surface area contributed by atoms with Crippen LogP contribution in [0.15, 0.2) is 134 Å². The second-order valence-corrected chi connectivity index (χ2v) is 11.4. The van der Waals surface area contributed by atoms with Crippen LogP contribution in [0.4, 0.5) is 0 Å². The second kappa shape index (κ2) is 11.1. The number of nitrogens with zero attached hydrogens (tertiary/aromatic N) is 6. The number of benzene rings is 4. The van der Waals surface area contributed by atoms with Gasteiger partial charge in [-0.2, -0.15) is 0 Å². The normalized spacial score (nSPS) is 11.6. The molecule has 0 spiro atoms. The first-order chi connectivity index (χ1) is 23.3. The molecule has 228 valence electrons. The summed E-state index contributed by atoms with van der Waals surface area (Å²) in [6.45, 7) is 0. The van der Waals surface area contributed by atoms with Gasteiger partial charge in [0.2, 0.25) is 0 Å². The molecule has 6 aromatic heterocycles. The Kier molecular flexibility index (Phi) is 6.56. The van der Waals surface area contributed by atoms with Crippen molar-refractivity contribution in [2.45, 2.75) is 0 Å². The summed E-state index contributed by atoms with van der Waals surface area (Å²) >= 11 is 0. The molecule has 10 rings (SSSR count). The minimum absolute atomic E-state index is 0. The van der Waals surface area contributed by atoms with Crippen molar-refractivity contribution in [3.8, 4) is 34.0 Å². The fraction of sp³-hybridized carbons (Fsp3) is 0. The van der Waals surface area contributed by atoms with E-state index in [2.05, 4.69) is 63.5 Å². The molecule has 0 atom stereocenters.